The minimum Gasteiger partial charge on any atom is -0.748 e. The van der Waals surface area contributed by atoms with Crippen molar-refractivity contribution in [2.75, 3.05) is 23.0 Å². The number of halogens is 1. The topological polar surface area (TPSA) is 135 Å². The zero-order valence-electron chi connectivity index (χ0n) is 28.8. The maximum Gasteiger partial charge on any atom is 0.263 e. The normalized spacial score (nSPS) is 18.0. The predicted molar refractivity (Wildman–Crippen MR) is 215 cm³/mol. The average Bonchev–Trinajstić information content (AvgIpc) is 3.83. The summed E-state index contributed by atoms with van der Waals surface area (Å²) in [6.07, 6.45) is 10.0. The van der Waals surface area contributed by atoms with E-state index in [1.54, 1.807) is 29.4 Å². The monoisotopic (exact) mass is 817 g/mol. The van der Waals surface area contributed by atoms with E-state index in [1.807, 2.05) is 42.5 Å². The molecule has 54 heavy (non-hydrogen) atoms. The zero-order valence-corrected chi connectivity index (χ0v) is 32.8. The highest BCUT2D eigenvalue weighted by Gasteiger charge is 2.30. The molecule has 1 atom stereocenters. The van der Waals surface area contributed by atoms with Gasteiger partial charge in [-0.05, 0) is 89.8 Å². The summed E-state index contributed by atoms with van der Waals surface area (Å²) >= 11 is 9.52. The molecule has 6 aromatic rings. The average molecular weight is 818 g/mol. The number of anilines is 1. The van der Waals surface area contributed by atoms with Gasteiger partial charge in [-0.3, -0.25) is 0 Å². The minimum atomic E-state index is -4.38. The zero-order chi connectivity index (χ0) is 37.6. The maximum absolute atomic E-state index is 11.6. The van der Waals surface area contributed by atoms with Gasteiger partial charge in [0, 0.05) is 45.9 Å². The van der Waals surface area contributed by atoms with Crippen LogP contribution in [0.5, 0.6) is 0 Å². The van der Waals surface area contributed by atoms with Crippen LogP contribution in [0.25, 0.3) is 38.0 Å². The number of hydrogen-bond acceptors (Lipinski definition) is 10. The molecule has 0 saturated heterocycles. The molecule has 14 heteroatoms. The predicted octanol–water partition coefficient (Wildman–Crippen LogP) is 8.95. The summed E-state index contributed by atoms with van der Waals surface area (Å²) < 4.78 is 78.3. The Morgan fingerprint density at radius 2 is 1.65 bits per heavy atom. The molecule has 8 rings (SSSR count). The van der Waals surface area contributed by atoms with Crippen LogP contribution in [0.3, 0.4) is 0 Å². The highest BCUT2D eigenvalue weighted by molar-refractivity contribution is 8.03. The van der Waals surface area contributed by atoms with Gasteiger partial charge >= 0.3 is 0 Å². The van der Waals surface area contributed by atoms with E-state index < -0.39 is 31.7 Å². The summed E-state index contributed by atoms with van der Waals surface area (Å²) in [5, 5.41) is 5.57. The van der Waals surface area contributed by atoms with Gasteiger partial charge < -0.3 is 18.4 Å². The summed E-state index contributed by atoms with van der Waals surface area (Å²) in [5.74, 6) is -0.790. The van der Waals surface area contributed by atoms with E-state index in [0.29, 0.717) is 18.1 Å². The van der Waals surface area contributed by atoms with Gasteiger partial charge in [-0.15, -0.1) is 0 Å². The van der Waals surface area contributed by atoms with Crippen LogP contribution in [0.15, 0.2) is 123 Å². The Morgan fingerprint density at radius 3 is 2.44 bits per heavy atom. The molecular formula is C40H34ClN2O7S4-. The Kier molecular flexibility index (Phi) is 10.2. The van der Waals surface area contributed by atoms with Crippen LogP contribution in [0.1, 0.15) is 42.2 Å². The number of rotatable bonds is 11. The summed E-state index contributed by atoms with van der Waals surface area (Å²) in [7, 11) is -8.76. The van der Waals surface area contributed by atoms with Crippen molar-refractivity contribution in [1.29, 1.82) is 0 Å². The second kappa shape index (κ2) is 14.9. The first-order valence-corrected chi connectivity index (χ1v) is 22.6. The molecule has 0 bridgehead atoms. The van der Waals surface area contributed by atoms with E-state index in [4.69, 9.17) is 16.0 Å². The van der Waals surface area contributed by atoms with Crippen molar-refractivity contribution in [3.8, 4) is 0 Å². The fourth-order valence-corrected chi connectivity index (χ4v) is 10.9. The lowest BCUT2D eigenvalue weighted by atomic mass is 9.81. The van der Waals surface area contributed by atoms with Crippen LogP contribution < -0.4 is 9.47 Å². The molecule has 1 aliphatic heterocycles. The van der Waals surface area contributed by atoms with E-state index >= 15 is 0 Å². The standard InChI is InChI=1S/C40H35ClN2O7S4/c41-31-10-7-28(8-11-31)30-22-26(24-37-42(16-3-19-53(44,45)46)39-32-6-2-1-5-29(32)9-13-35(39)51-37)21-27(23-30)25-38-43(17-4-20-54(47,48)49)40-33-15-18-50-34(33)12-14-36(40)52-38/h1-2,5-15,18,21,24-25,30H,3-4,16-17,19-20,22-23H2,(H-,44,45,46,47,48,49)/p-1. The lowest BCUT2D eigenvalue weighted by molar-refractivity contribution is -0.667. The van der Waals surface area contributed by atoms with Crippen LogP contribution in [-0.2, 0) is 26.8 Å². The van der Waals surface area contributed by atoms with Crippen molar-refractivity contribution in [3.63, 3.8) is 0 Å². The number of allylic oxidation sites excluding steroid dienone is 4. The Labute approximate surface area is 326 Å². The van der Waals surface area contributed by atoms with Crippen LogP contribution in [0, 0.1) is 0 Å². The van der Waals surface area contributed by atoms with Gasteiger partial charge in [-0.2, -0.15) is 4.57 Å². The van der Waals surface area contributed by atoms with Crippen molar-refractivity contribution >= 4 is 98.7 Å². The lowest BCUT2D eigenvalue weighted by Crippen LogP contribution is -2.36. The molecule has 0 radical (unpaired) electrons. The molecular weight excluding hydrogens is 784 g/mol. The first-order chi connectivity index (χ1) is 25.9. The van der Waals surface area contributed by atoms with Gasteiger partial charge in [0.25, 0.3) is 5.01 Å². The Hall–Kier alpha value is -3.95. The first kappa shape index (κ1) is 37.0. The smallest absolute Gasteiger partial charge is 0.263 e. The summed E-state index contributed by atoms with van der Waals surface area (Å²) in [6, 6.07) is 26.0. The summed E-state index contributed by atoms with van der Waals surface area (Å²) in [6.45, 7) is 0.699. The summed E-state index contributed by atoms with van der Waals surface area (Å²) in [5.41, 5.74) is 5.95. The number of aromatic nitrogens is 1. The molecule has 0 N–H and O–H groups in total. The number of thiazole rings is 1. The van der Waals surface area contributed by atoms with Crippen molar-refractivity contribution in [1.82, 2.24) is 0 Å². The van der Waals surface area contributed by atoms with Gasteiger partial charge in [-0.1, -0.05) is 83.2 Å². The second-order valence-electron chi connectivity index (χ2n) is 13.5. The van der Waals surface area contributed by atoms with Crippen LogP contribution in [0.4, 0.5) is 5.69 Å². The third-order valence-corrected chi connectivity index (χ3v) is 13.8. The van der Waals surface area contributed by atoms with E-state index in [9.17, 15) is 25.9 Å². The van der Waals surface area contributed by atoms with Crippen molar-refractivity contribution in [2.45, 2.75) is 43.0 Å². The number of aryl methyl sites for hydroxylation is 1. The molecule has 0 spiro atoms. The molecule has 4 aromatic carbocycles. The second-order valence-corrected chi connectivity index (χ2v) is 19.1. The molecule has 2 aromatic heterocycles. The number of thioether (sulfide) groups is 1. The van der Waals surface area contributed by atoms with Crippen LogP contribution in [0.2, 0.25) is 5.02 Å². The minimum absolute atomic E-state index is 0.119. The molecule has 2 aliphatic rings. The third-order valence-electron chi connectivity index (χ3n) is 9.78. The number of furan rings is 1. The lowest BCUT2D eigenvalue weighted by Gasteiger charge is -2.26. The molecule has 1 unspecified atom stereocenters. The molecule has 3 heterocycles. The van der Waals surface area contributed by atoms with Crippen molar-refractivity contribution < 1.29 is 34.9 Å². The van der Waals surface area contributed by atoms with Crippen molar-refractivity contribution in [2.24, 2.45) is 0 Å². The molecule has 0 saturated carbocycles. The van der Waals surface area contributed by atoms with Gasteiger partial charge in [0.1, 0.15) is 10.3 Å². The molecule has 9 nitrogen and oxygen atoms in total. The number of hydrogen-bond donors (Lipinski definition) is 0. The molecule has 1 aliphatic carbocycles. The SMILES string of the molecule is O=S(=O)([O-])CCCN1/C(=C/C2=CC(=C/c3sc4ccc5occc5c4[n+]3CCCS(=O)(=O)[O-])/CC(c3ccc(Cl)cc3)C2)Sc2ccc3ccccc3c21. The maximum atomic E-state index is 11.6. The fraction of sp³-hybridized carbons (Fsp3) is 0.225. The Balaban J connectivity index is 1.23. The highest BCUT2D eigenvalue weighted by atomic mass is 35.5. The highest BCUT2D eigenvalue weighted by Crippen LogP contribution is 2.50. The van der Waals surface area contributed by atoms with Crippen LogP contribution in [-0.4, -0.2) is 44.0 Å². The fourth-order valence-electron chi connectivity index (χ4n) is 7.47. The van der Waals surface area contributed by atoms with Gasteiger partial charge in [0.2, 0.25) is 5.52 Å². The Morgan fingerprint density at radius 1 is 0.870 bits per heavy atom. The summed E-state index contributed by atoms with van der Waals surface area (Å²) in [4.78, 5) is 3.20. The molecule has 0 amide bonds. The number of fused-ring (bicyclic) bond motifs is 6. The van der Waals surface area contributed by atoms with E-state index in [-0.39, 0.29) is 18.8 Å². The number of nitrogens with zero attached hydrogens (tertiary/aromatic N) is 2. The van der Waals surface area contributed by atoms with Crippen molar-refractivity contribution in [3.05, 3.63) is 129 Å². The third kappa shape index (κ3) is 8.04. The largest absolute Gasteiger partial charge is 0.748 e. The number of benzene rings is 4. The quantitative estimate of drug-likeness (QED) is 0.0928. The van der Waals surface area contributed by atoms with Gasteiger partial charge in [0.05, 0.1) is 42.6 Å². The van der Waals surface area contributed by atoms with E-state index in [2.05, 4.69) is 64.1 Å². The Bertz CT molecular complexity index is 2730. The molecule has 0 fully saturated rings. The van der Waals surface area contributed by atoms with Gasteiger partial charge in [0.15, 0.2) is 6.54 Å². The first-order valence-electron chi connectivity index (χ1n) is 17.4. The van der Waals surface area contributed by atoms with Gasteiger partial charge in [-0.25, -0.2) is 16.8 Å². The van der Waals surface area contributed by atoms with E-state index in [1.165, 1.54) is 0 Å². The molecule has 278 valence electrons. The van der Waals surface area contributed by atoms with E-state index in [0.717, 1.165) is 82.1 Å². The van der Waals surface area contributed by atoms with Crippen LogP contribution >= 0.6 is 34.7 Å².